The summed E-state index contributed by atoms with van der Waals surface area (Å²) >= 11 is 0. The summed E-state index contributed by atoms with van der Waals surface area (Å²) in [5, 5.41) is 12.5. The summed E-state index contributed by atoms with van der Waals surface area (Å²) in [4.78, 5) is 15.0. The lowest BCUT2D eigenvalue weighted by Crippen LogP contribution is -2.34. The SMILES string of the molecule is CCNc1nc(OC(C)C)nc(N2CCCC2CO)n1. The van der Waals surface area contributed by atoms with Crippen molar-refractivity contribution in [2.75, 3.05) is 29.9 Å². The second kappa shape index (κ2) is 6.69. The molecule has 20 heavy (non-hydrogen) atoms. The van der Waals surface area contributed by atoms with Crippen LogP contribution in [-0.4, -0.2) is 51.9 Å². The molecule has 2 heterocycles. The fourth-order valence-electron chi connectivity index (χ4n) is 2.26. The number of rotatable bonds is 6. The number of aliphatic hydroxyl groups is 1. The van der Waals surface area contributed by atoms with Crippen molar-refractivity contribution < 1.29 is 9.84 Å². The van der Waals surface area contributed by atoms with Gasteiger partial charge < -0.3 is 20.1 Å². The Morgan fingerprint density at radius 1 is 1.40 bits per heavy atom. The Labute approximate surface area is 119 Å². The lowest BCUT2D eigenvalue weighted by atomic mass is 10.2. The van der Waals surface area contributed by atoms with Crippen molar-refractivity contribution >= 4 is 11.9 Å². The number of ether oxygens (including phenoxy) is 1. The van der Waals surface area contributed by atoms with Gasteiger partial charge in [0.1, 0.15) is 0 Å². The Morgan fingerprint density at radius 2 is 2.20 bits per heavy atom. The van der Waals surface area contributed by atoms with Crippen molar-refractivity contribution in [3.63, 3.8) is 0 Å². The Kier molecular flexibility index (Phi) is 4.94. The quantitative estimate of drug-likeness (QED) is 0.806. The molecule has 7 heteroatoms. The molecule has 1 aromatic rings. The number of hydrogen-bond acceptors (Lipinski definition) is 7. The van der Waals surface area contributed by atoms with Gasteiger partial charge in [0.2, 0.25) is 11.9 Å². The summed E-state index contributed by atoms with van der Waals surface area (Å²) in [7, 11) is 0. The van der Waals surface area contributed by atoms with Crippen LogP contribution in [-0.2, 0) is 0 Å². The van der Waals surface area contributed by atoms with E-state index in [0.29, 0.717) is 17.9 Å². The number of aliphatic hydroxyl groups excluding tert-OH is 1. The van der Waals surface area contributed by atoms with Gasteiger partial charge in [0, 0.05) is 13.1 Å². The van der Waals surface area contributed by atoms with Gasteiger partial charge in [-0.15, -0.1) is 0 Å². The van der Waals surface area contributed by atoms with Gasteiger partial charge in [-0.1, -0.05) is 0 Å². The van der Waals surface area contributed by atoms with Gasteiger partial charge in [-0.2, -0.15) is 15.0 Å². The summed E-state index contributed by atoms with van der Waals surface area (Å²) < 4.78 is 5.58. The third-order valence-electron chi connectivity index (χ3n) is 3.12. The Bertz CT molecular complexity index is 441. The first kappa shape index (κ1) is 14.8. The lowest BCUT2D eigenvalue weighted by Gasteiger charge is -2.23. The van der Waals surface area contributed by atoms with Gasteiger partial charge in [-0.3, -0.25) is 0 Å². The first-order chi connectivity index (χ1) is 9.63. The summed E-state index contributed by atoms with van der Waals surface area (Å²) in [5.41, 5.74) is 0. The molecular formula is C13H23N5O2. The zero-order valence-electron chi connectivity index (χ0n) is 12.3. The first-order valence-electron chi connectivity index (χ1n) is 7.18. The van der Waals surface area contributed by atoms with E-state index in [1.165, 1.54) is 0 Å². The average Bonchev–Trinajstić information content (AvgIpc) is 2.86. The highest BCUT2D eigenvalue weighted by Gasteiger charge is 2.27. The third-order valence-corrected chi connectivity index (χ3v) is 3.12. The van der Waals surface area contributed by atoms with E-state index in [0.717, 1.165) is 25.9 Å². The van der Waals surface area contributed by atoms with Gasteiger partial charge in [-0.25, -0.2) is 0 Å². The molecule has 1 aliphatic rings. The van der Waals surface area contributed by atoms with E-state index in [4.69, 9.17) is 4.74 Å². The molecule has 1 fully saturated rings. The van der Waals surface area contributed by atoms with Crippen LogP contribution in [0.15, 0.2) is 0 Å². The molecule has 0 bridgehead atoms. The van der Waals surface area contributed by atoms with E-state index < -0.39 is 0 Å². The molecule has 1 unspecified atom stereocenters. The van der Waals surface area contributed by atoms with E-state index in [1.54, 1.807) is 0 Å². The summed E-state index contributed by atoms with van der Waals surface area (Å²) in [6.07, 6.45) is 2.00. The monoisotopic (exact) mass is 281 g/mol. The highest BCUT2D eigenvalue weighted by molar-refractivity contribution is 5.40. The minimum atomic E-state index is 0.00643. The van der Waals surface area contributed by atoms with Gasteiger partial charge in [0.05, 0.1) is 18.8 Å². The Morgan fingerprint density at radius 3 is 2.85 bits per heavy atom. The topological polar surface area (TPSA) is 83.4 Å². The fraction of sp³-hybridized carbons (Fsp3) is 0.769. The molecule has 1 saturated heterocycles. The van der Waals surface area contributed by atoms with Gasteiger partial charge >= 0.3 is 6.01 Å². The summed E-state index contributed by atoms with van der Waals surface area (Å²) in [6.45, 7) is 7.54. The smallest absolute Gasteiger partial charge is 0.323 e. The van der Waals surface area contributed by atoms with E-state index in [9.17, 15) is 5.11 Å². The van der Waals surface area contributed by atoms with E-state index >= 15 is 0 Å². The molecule has 2 N–H and O–H groups in total. The molecular weight excluding hydrogens is 258 g/mol. The van der Waals surface area contributed by atoms with Crippen molar-refractivity contribution in [2.24, 2.45) is 0 Å². The number of anilines is 2. The van der Waals surface area contributed by atoms with Crippen LogP contribution < -0.4 is 15.0 Å². The molecule has 1 aromatic heterocycles. The van der Waals surface area contributed by atoms with Crippen molar-refractivity contribution in [3.05, 3.63) is 0 Å². The minimum Gasteiger partial charge on any atom is -0.461 e. The number of nitrogens with zero attached hydrogens (tertiary/aromatic N) is 4. The molecule has 0 radical (unpaired) electrons. The predicted octanol–water partition coefficient (Wildman–Crippen LogP) is 1.05. The molecule has 1 aliphatic heterocycles. The largest absolute Gasteiger partial charge is 0.461 e. The molecule has 0 aromatic carbocycles. The third kappa shape index (κ3) is 3.47. The second-order valence-corrected chi connectivity index (χ2v) is 5.11. The van der Waals surface area contributed by atoms with Crippen LogP contribution >= 0.6 is 0 Å². The van der Waals surface area contributed by atoms with Crippen LogP contribution in [0.3, 0.4) is 0 Å². The summed E-state index contributed by atoms with van der Waals surface area (Å²) in [5.74, 6) is 1.08. The van der Waals surface area contributed by atoms with Crippen molar-refractivity contribution in [3.8, 4) is 6.01 Å². The molecule has 112 valence electrons. The van der Waals surface area contributed by atoms with Crippen LogP contribution in [0.25, 0.3) is 0 Å². The van der Waals surface area contributed by atoms with E-state index in [1.807, 2.05) is 25.7 Å². The minimum absolute atomic E-state index is 0.00643. The highest BCUT2D eigenvalue weighted by atomic mass is 16.5. The van der Waals surface area contributed by atoms with E-state index in [-0.39, 0.29) is 18.8 Å². The van der Waals surface area contributed by atoms with Crippen LogP contribution in [0.4, 0.5) is 11.9 Å². The molecule has 2 rings (SSSR count). The normalized spacial score (nSPS) is 18.6. The van der Waals surface area contributed by atoms with Gasteiger partial charge in [0.15, 0.2) is 0 Å². The fourth-order valence-corrected chi connectivity index (χ4v) is 2.26. The maximum absolute atomic E-state index is 9.43. The molecule has 0 saturated carbocycles. The number of nitrogens with one attached hydrogen (secondary N) is 1. The maximum atomic E-state index is 9.43. The Hall–Kier alpha value is -1.63. The number of aromatic nitrogens is 3. The van der Waals surface area contributed by atoms with Crippen LogP contribution in [0.2, 0.25) is 0 Å². The standard InChI is InChI=1S/C13H23N5O2/c1-4-14-11-15-12(17-13(16-11)20-9(2)3)18-7-5-6-10(18)8-19/h9-10,19H,4-8H2,1-3H3,(H,14,15,16,17). The second-order valence-electron chi connectivity index (χ2n) is 5.11. The molecule has 7 nitrogen and oxygen atoms in total. The van der Waals surface area contributed by atoms with Gasteiger partial charge in [-0.05, 0) is 33.6 Å². The summed E-state index contributed by atoms with van der Waals surface area (Å²) in [6, 6.07) is 0.406. The zero-order chi connectivity index (χ0) is 14.5. The van der Waals surface area contributed by atoms with Crippen LogP contribution in [0.1, 0.15) is 33.6 Å². The maximum Gasteiger partial charge on any atom is 0.323 e. The van der Waals surface area contributed by atoms with E-state index in [2.05, 4.69) is 20.3 Å². The van der Waals surface area contributed by atoms with Crippen molar-refractivity contribution in [1.82, 2.24) is 15.0 Å². The zero-order valence-corrected chi connectivity index (χ0v) is 12.3. The van der Waals surface area contributed by atoms with Gasteiger partial charge in [0.25, 0.3) is 0 Å². The molecule has 0 amide bonds. The number of hydrogen-bond donors (Lipinski definition) is 2. The van der Waals surface area contributed by atoms with Crippen LogP contribution in [0.5, 0.6) is 6.01 Å². The molecule has 1 atom stereocenters. The lowest BCUT2D eigenvalue weighted by molar-refractivity contribution is 0.221. The molecule has 0 spiro atoms. The van der Waals surface area contributed by atoms with Crippen LogP contribution in [0, 0.1) is 0 Å². The van der Waals surface area contributed by atoms with Crippen molar-refractivity contribution in [1.29, 1.82) is 0 Å². The molecule has 0 aliphatic carbocycles. The first-order valence-corrected chi connectivity index (χ1v) is 7.18. The Balaban J connectivity index is 2.28. The predicted molar refractivity (Wildman–Crippen MR) is 77.2 cm³/mol. The van der Waals surface area contributed by atoms with Crippen molar-refractivity contribution in [2.45, 2.75) is 45.8 Å². The highest BCUT2D eigenvalue weighted by Crippen LogP contribution is 2.24. The average molecular weight is 281 g/mol.